The Bertz CT molecular complexity index is 150. The van der Waals surface area contributed by atoms with Crippen molar-refractivity contribution in [3.05, 3.63) is 0 Å². The van der Waals surface area contributed by atoms with Crippen LogP contribution in [-0.2, 0) is 4.74 Å². The molecule has 0 aromatic rings. The summed E-state index contributed by atoms with van der Waals surface area (Å²) in [5.41, 5.74) is 0. The third-order valence-electron chi connectivity index (χ3n) is 3.55. The van der Waals surface area contributed by atoms with Crippen LogP contribution in [0.3, 0.4) is 0 Å². The molecule has 1 rings (SSSR count). The van der Waals surface area contributed by atoms with E-state index in [9.17, 15) is 0 Å². The summed E-state index contributed by atoms with van der Waals surface area (Å²) < 4.78 is 5.37. The summed E-state index contributed by atoms with van der Waals surface area (Å²) in [6.07, 6.45) is 2.93. The molecule has 0 radical (unpaired) electrons. The van der Waals surface area contributed by atoms with Gasteiger partial charge in [0.05, 0.1) is 6.10 Å². The van der Waals surface area contributed by atoms with Crippen molar-refractivity contribution in [2.75, 3.05) is 26.7 Å². The lowest BCUT2D eigenvalue weighted by Crippen LogP contribution is -2.39. The molecule has 1 atom stereocenters. The molecule has 0 aromatic heterocycles. The fourth-order valence-electron chi connectivity index (χ4n) is 1.95. The second-order valence-corrected chi connectivity index (χ2v) is 4.96. The van der Waals surface area contributed by atoms with Gasteiger partial charge in [-0.2, -0.15) is 0 Å². The van der Waals surface area contributed by atoms with Crippen LogP contribution in [0.4, 0.5) is 0 Å². The number of hydrogen-bond donors (Lipinski definition) is 0. The van der Waals surface area contributed by atoms with E-state index in [1.54, 1.807) is 0 Å². The molecule has 0 aliphatic carbocycles. The van der Waals surface area contributed by atoms with Gasteiger partial charge in [0.2, 0.25) is 0 Å². The van der Waals surface area contributed by atoms with Crippen LogP contribution in [0.2, 0.25) is 0 Å². The van der Waals surface area contributed by atoms with Crippen LogP contribution in [0, 0.1) is 11.8 Å². The molecule has 2 nitrogen and oxygen atoms in total. The fourth-order valence-corrected chi connectivity index (χ4v) is 1.95. The molecule has 2 heteroatoms. The quantitative estimate of drug-likeness (QED) is 0.689. The molecule has 1 unspecified atom stereocenters. The highest BCUT2D eigenvalue weighted by Crippen LogP contribution is 2.17. The first-order valence-corrected chi connectivity index (χ1v) is 5.88. The average Bonchev–Trinajstić information content (AvgIpc) is 2.19. The first-order valence-electron chi connectivity index (χ1n) is 5.88. The van der Waals surface area contributed by atoms with E-state index in [0.717, 1.165) is 11.8 Å². The van der Waals surface area contributed by atoms with Crippen LogP contribution in [0.5, 0.6) is 0 Å². The zero-order chi connectivity index (χ0) is 10.6. The normalized spacial score (nSPS) is 22.9. The maximum absolute atomic E-state index is 5.37. The third-order valence-corrected chi connectivity index (χ3v) is 3.55. The van der Waals surface area contributed by atoms with Crippen LogP contribution in [0.1, 0.15) is 33.6 Å². The SMILES string of the molecule is COC1CCN(CC(C)C(C)C)CC1. The van der Waals surface area contributed by atoms with Crippen molar-refractivity contribution < 1.29 is 4.74 Å². The molecule has 1 saturated heterocycles. The van der Waals surface area contributed by atoms with Gasteiger partial charge in [-0.15, -0.1) is 0 Å². The van der Waals surface area contributed by atoms with Crippen LogP contribution in [-0.4, -0.2) is 37.7 Å². The molecule has 0 aromatic carbocycles. The third kappa shape index (κ3) is 3.58. The molecule has 0 spiro atoms. The van der Waals surface area contributed by atoms with Gasteiger partial charge in [-0.05, 0) is 24.7 Å². The summed E-state index contributed by atoms with van der Waals surface area (Å²) in [6.45, 7) is 10.7. The van der Waals surface area contributed by atoms with Crippen molar-refractivity contribution in [1.29, 1.82) is 0 Å². The van der Waals surface area contributed by atoms with E-state index in [2.05, 4.69) is 25.7 Å². The van der Waals surface area contributed by atoms with Gasteiger partial charge < -0.3 is 9.64 Å². The maximum atomic E-state index is 5.37. The Morgan fingerprint density at radius 1 is 1.21 bits per heavy atom. The van der Waals surface area contributed by atoms with Crippen molar-refractivity contribution in [1.82, 2.24) is 4.90 Å². The van der Waals surface area contributed by atoms with E-state index in [-0.39, 0.29) is 0 Å². The van der Waals surface area contributed by atoms with E-state index < -0.39 is 0 Å². The molecule has 14 heavy (non-hydrogen) atoms. The highest BCUT2D eigenvalue weighted by molar-refractivity contribution is 4.74. The van der Waals surface area contributed by atoms with Crippen molar-refractivity contribution in [3.63, 3.8) is 0 Å². The molecular weight excluding hydrogens is 174 g/mol. The lowest BCUT2D eigenvalue weighted by atomic mass is 9.96. The van der Waals surface area contributed by atoms with Crippen molar-refractivity contribution in [2.45, 2.75) is 39.7 Å². The summed E-state index contributed by atoms with van der Waals surface area (Å²) in [4.78, 5) is 2.58. The summed E-state index contributed by atoms with van der Waals surface area (Å²) in [5.74, 6) is 1.62. The zero-order valence-electron chi connectivity index (χ0n) is 10.1. The molecule has 0 amide bonds. The van der Waals surface area contributed by atoms with Gasteiger partial charge in [-0.1, -0.05) is 20.8 Å². The number of methoxy groups -OCH3 is 1. The second kappa shape index (κ2) is 5.72. The predicted molar refractivity (Wildman–Crippen MR) is 60.5 cm³/mol. The molecule has 1 heterocycles. The van der Waals surface area contributed by atoms with Crippen molar-refractivity contribution in [3.8, 4) is 0 Å². The molecular formula is C12H25NO. The first kappa shape index (κ1) is 12.0. The van der Waals surface area contributed by atoms with Gasteiger partial charge in [0.1, 0.15) is 0 Å². The predicted octanol–water partition coefficient (Wildman–Crippen LogP) is 2.39. The number of ether oxygens (including phenoxy) is 1. The van der Waals surface area contributed by atoms with Gasteiger partial charge in [0.25, 0.3) is 0 Å². The topological polar surface area (TPSA) is 12.5 Å². The summed E-state index contributed by atoms with van der Waals surface area (Å²) in [6, 6.07) is 0. The van der Waals surface area contributed by atoms with Gasteiger partial charge in [0.15, 0.2) is 0 Å². The smallest absolute Gasteiger partial charge is 0.0595 e. The van der Waals surface area contributed by atoms with Gasteiger partial charge >= 0.3 is 0 Å². The fraction of sp³-hybridized carbons (Fsp3) is 1.00. The Morgan fingerprint density at radius 2 is 1.79 bits per heavy atom. The minimum Gasteiger partial charge on any atom is -0.381 e. The lowest BCUT2D eigenvalue weighted by molar-refractivity contribution is 0.0352. The Kier molecular flexibility index (Phi) is 4.90. The Morgan fingerprint density at radius 3 is 2.21 bits per heavy atom. The molecule has 1 fully saturated rings. The van der Waals surface area contributed by atoms with Crippen LogP contribution < -0.4 is 0 Å². The van der Waals surface area contributed by atoms with Crippen LogP contribution in [0.15, 0.2) is 0 Å². The highest BCUT2D eigenvalue weighted by atomic mass is 16.5. The van der Waals surface area contributed by atoms with Gasteiger partial charge in [0, 0.05) is 26.7 Å². The average molecular weight is 199 g/mol. The number of nitrogens with zero attached hydrogens (tertiary/aromatic N) is 1. The summed E-state index contributed by atoms with van der Waals surface area (Å²) in [5, 5.41) is 0. The Balaban J connectivity index is 2.22. The Hall–Kier alpha value is -0.0800. The van der Waals surface area contributed by atoms with E-state index >= 15 is 0 Å². The number of piperidine rings is 1. The van der Waals surface area contributed by atoms with E-state index in [0.29, 0.717) is 6.10 Å². The second-order valence-electron chi connectivity index (χ2n) is 4.96. The monoisotopic (exact) mass is 199 g/mol. The summed E-state index contributed by atoms with van der Waals surface area (Å²) in [7, 11) is 1.83. The van der Waals surface area contributed by atoms with Crippen molar-refractivity contribution >= 4 is 0 Å². The van der Waals surface area contributed by atoms with Gasteiger partial charge in [-0.3, -0.25) is 0 Å². The standard InChI is InChI=1S/C12H25NO/c1-10(2)11(3)9-13-7-5-12(14-4)6-8-13/h10-12H,5-9H2,1-4H3. The zero-order valence-corrected chi connectivity index (χ0v) is 10.1. The van der Waals surface area contributed by atoms with E-state index in [1.807, 2.05) is 7.11 Å². The maximum Gasteiger partial charge on any atom is 0.0595 e. The minimum atomic E-state index is 0.514. The molecule has 0 N–H and O–H groups in total. The highest BCUT2D eigenvalue weighted by Gasteiger charge is 2.20. The van der Waals surface area contributed by atoms with Gasteiger partial charge in [-0.25, -0.2) is 0 Å². The summed E-state index contributed by atoms with van der Waals surface area (Å²) >= 11 is 0. The Labute approximate surface area is 88.6 Å². The molecule has 84 valence electrons. The van der Waals surface area contributed by atoms with E-state index in [1.165, 1.54) is 32.5 Å². The number of rotatable bonds is 4. The largest absolute Gasteiger partial charge is 0.381 e. The minimum absolute atomic E-state index is 0.514. The molecule has 0 bridgehead atoms. The molecule has 1 aliphatic rings. The lowest BCUT2D eigenvalue weighted by Gasteiger charge is -2.33. The molecule has 0 saturated carbocycles. The van der Waals surface area contributed by atoms with Crippen molar-refractivity contribution in [2.24, 2.45) is 11.8 Å². The first-order chi connectivity index (χ1) is 6.63. The number of likely N-dealkylation sites (tertiary alicyclic amines) is 1. The van der Waals surface area contributed by atoms with Crippen LogP contribution >= 0.6 is 0 Å². The number of hydrogen-bond acceptors (Lipinski definition) is 2. The molecule has 1 aliphatic heterocycles. The van der Waals surface area contributed by atoms with Crippen LogP contribution in [0.25, 0.3) is 0 Å². The van der Waals surface area contributed by atoms with E-state index in [4.69, 9.17) is 4.74 Å².